The third kappa shape index (κ3) is 3.93. The zero-order valence-electron chi connectivity index (χ0n) is 18.1. The molecular weight excluding hydrogens is 436 g/mol. The molecule has 2 aromatic carbocycles. The molecule has 0 aliphatic carbocycles. The number of thiophene rings is 2. The fraction of sp³-hybridized carbons (Fsp3) is 0.308. The van der Waals surface area contributed by atoms with Gasteiger partial charge in [0.25, 0.3) is 11.8 Å². The van der Waals surface area contributed by atoms with Gasteiger partial charge < -0.3 is 9.80 Å². The molecule has 0 radical (unpaired) electrons. The van der Waals surface area contributed by atoms with Crippen LogP contribution >= 0.6 is 22.7 Å². The zero-order chi connectivity index (χ0) is 22.1. The summed E-state index contributed by atoms with van der Waals surface area (Å²) in [4.78, 5) is 31.1. The molecule has 0 atom stereocenters. The Balaban J connectivity index is 1.32. The normalized spacial score (nSPS) is 14.8. The van der Waals surface area contributed by atoms with Gasteiger partial charge >= 0.3 is 0 Å². The molecule has 2 aromatic heterocycles. The first kappa shape index (κ1) is 21.2. The van der Waals surface area contributed by atoms with Crippen molar-refractivity contribution in [2.24, 2.45) is 0 Å². The number of likely N-dealkylation sites (tertiary alicyclic amines) is 1. The van der Waals surface area contributed by atoms with E-state index in [0.717, 1.165) is 36.2 Å². The summed E-state index contributed by atoms with van der Waals surface area (Å²) in [6.45, 7) is 4.25. The number of carbonyl (C=O) groups excluding carboxylic acids is 2. The molecule has 0 bridgehead atoms. The number of amides is 2. The van der Waals surface area contributed by atoms with Crippen molar-refractivity contribution in [3.8, 4) is 0 Å². The van der Waals surface area contributed by atoms with Crippen LogP contribution in [0.25, 0.3) is 19.5 Å². The zero-order valence-corrected chi connectivity index (χ0v) is 19.8. The van der Waals surface area contributed by atoms with E-state index in [1.807, 2.05) is 35.2 Å². The standard InChI is InChI=1S/C26H26N2O2S2/c1-2-14-28(19-12-15-27(16-13-19)25(29)18-8-4-3-5-9-18)26(30)23-17-22-24(32-23)20-10-6-7-11-21(20)31-22/h3-11,17,19H,2,12-16H2,1H3. The summed E-state index contributed by atoms with van der Waals surface area (Å²) < 4.78 is 3.68. The van der Waals surface area contributed by atoms with Gasteiger partial charge in [0.15, 0.2) is 0 Å². The lowest BCUT2D eigenvalue weighted by Gasteiger charge is -2.38. The van der Waals surface area contributed by atoms with Crippen molar-refractivity contribution in [2.75, 3.05) is 19.6 Å². The van der Waals surface area contributed by atoms with Crippen LogP contribution in [0.4, 0.5) is 0 Å². The Kier molecular flexibility index (Phi) is 5.98. The quantitative estimate of drug-likeness (QED) is 0.351. The van der Waals surface area contributed by atoms with Crippen LogP contribution in [0, 0.1) is 0 Å². The molecule has 1 aliphatic rings. The highest BCUT2D eigenvalue weighted by atomic mass is 32.1. The Bertz CT molecular complexity index is 1250. The first-order valence-electron chi connectivity index (χ1n) is 11.2. The fourth-order valence-electron chi connectivity index (χ4n) is 4.58. The third-order valence-electron chi connectivity index (χ3n) is 6.20. The van der Waals surface area contributed by atoms with Crippen molar-refractivity contribution < 1.29 is 9.59 Å². The predicted molar refractivity (Wildman–Crippen MR) is 134 cm³/mol. The van der Waals surface area contributed by atoms with Crippen LogP contribution < -0.4 is 0 Å². The molecule has 2 amide bonds. The van der Waals surface area contributed by atoms with Crippen LogP contribution in [0.5, 0.6) is 0 Å². The van der Waals surface area contributed by atoms with Crippen LogP contribution in [-0.4, -0.2) is 47.3 Å². The Morgan fingerprint density at radius 1 is 0.969 bits per heavy atom. The van der Waals surface area contributed by atoms with E-state index in [1.165, 1.54) is 19.5 Å². The van der Waals surface area contributed by atoms with Gasteiger partial charge in [-0.15, -0.1) is 22.7 Å². The Morgan fingerprint density at radius 3 is 2.44 bits per heavy atom. The van der Waals surface area contributed by atoms with Crippen LogP contribution in [0.1, 0.15) is 46.2 Å². The number of hydrogen-bond donors (Lipinski definition) is 0. The number of rotatable bonds is 5. The minimum atomic E-state index is 0.0859. The maximum absolute atomic E-state index is 13.5. The second-order valence-corrected chi connectivity index (χ2v) is 10.4. The Morgan fingerprint density at radius 2 is 1.69 bits per heavy atom. The molecule has 3 heterocycles. The van der Waals surface area contributed by atoms with Crippen LogP contribution in [0.2, 0.25) is 0 Å². The minimum Gasteiger partial charge on any atom is -0.338 e. The van der Waals surface area contributed by atoms with Gasteiger partial charge in [-0.1, -0.05) is 43.3 Å². The largest absolute Gasteiger partial charge is 0.338 e. The maximum atomic E-state index is 13.5. The monoisotopic (exact) mass is 462 g/mol. The molecule has 1 aliphatic heterocycles. The molecule has 0 spiro atoms. The van der Waals surface area contributed by atoms with Gasteiger partial charge in [-0.3, -0.25) is 9.59 Å². The molecule has 1 saturated heterocycles. The average Bonchev–Trinajstić information content (AvgIpc) is 3.41. The average molecular weight is 463 g/mol. The summed E-state index contributed by atoms with van der Waals surface area (Å²) in [5, 5.41) is 1.24. The summed E-state index contributed by atoms with van der Waals surface area (Å²) in [6, 6.07) is 20.1. The van der Waals surface area contributed by atoms with Crippen molar-refractivity contribution in [2.45, 2.75) is 32.2 Å². The Hall–Kier alpha value is -2.70. The second kappa shape index (κ2) is 9.04. The molecule has 0 N–H and O–H groups in total. The van der Waals surface area contributed by atoms with Gasteiger partial charge in [-0.05, 0) is 43.5 Å². The fourth-order valence-corrected chi connectivity index (χ4v) is 7.06. The second-order valence-electron chi connectivity index (χ2n) is 8.29. The minimum absolute atomic E-state index is 0.0859. The van der Waals surface area contributed by atoms with E-state index in [4.69, 9.17) is 0 Å². The topological polar surface area (TPSA) is 40.6 Å². The smallest absolute Gasteiger partial charge is 0.264 e. The molecule has 0 unspecified atom stereocenters. The first-order valence-corrected chi connectivity index (χ1v) is 12.9. The molecule has 1 fully saturated rings. The van der Waals surface area contributed by atoms with Crippen molar-refractivity contribution in [3.05, 3.63) is 71.1 Å². The van der Waals surface area contributed by atoms with Gasteiger partial charge in [-0.2, -0.15) is 0 Å². The molecule has 0 saturated carbocycles. The highest BCUT2D eigenvalue weighted by molar-refractivity contribution is 7.33. The maximum Gasteiger partial charge on any atom is 0.264 e. The molecule has 4 aromatic rings. The number of fused-ring (bicyclic) bond motifs is 3. The van der Waals surface area contributed by atoms with E-state index in [0.29, 0.717) is 13.1 Å². The summed E-state index contributed by atoms with van der Waals surface area (Å²) in [5.41, 5.74) is 0.735. The Labute approximate surface area is 196 Å². The van der Waals surface area contributed by atoms with E-state index < -0.39 is 0 Å². The van der Waals surface area contributed by atoms with Gasteiger partial charge in [0.2, 0.25) is 0 Å². The molecule has 6 heteroatoms. The summed E-state index contributed by atoms with van der Waals surface area (Å²) in [7, 11) is 0. The number of piperidine rings is 1. The van der Waals surface area contributed by atoms with Gasteiger partial charge in [0, 0.05) is 46.0 Å². The van der Waals surface area contributed by atoms with E-state index in [9.17, 15) is 9.59 Å². The number of nitrogens with zero attached hydrogens (tertiary/aromatic N) is 2. The highest BCUT2D eigenvalue weighted by Gasteiger charge is 2.31. The summed E-state index contributed by atoms with van der Waals surface area (Å²) >= 11 is 3.37. The predicted octanol–water partition coefficient (Wildman–Crippen LogP) is 6.27. The van der Waals surface area contributed by atoms with Crippen LogP contribution in [0.3, 0.4) is 0 Å². The van der Waals surface area contributed by atoms with E-state index in [-0.39, 0.29) is 17.9 Å². The van der Waals surface area contributed by atoms with E-state index in [1.54, 1.807) is 22.7 Å². The lowest BCUT2D eigenvalue weighted by molar-refractivity contribution is 0.0522. The van der Waals surface area contributed by atoms with Gasteiger partial charge in [0.1, 0.15) is 0 Å². The molecule has 5 rings (SSSR count). The van der Waals surface area contributed by atoms with E-state index in [2.05, 4.69) is 42.2 Å². The van der Waals surface area contributed by atoms with Gasteiger partial charge in [-0.25, -0.2) is 0 Å². The van der Waals surface area contributed by atoms with Crippen molar-refractivity contribution in [3.63, 3.8) is 0 Å². The summed E-state index contributed by atoms with van der Waals surface area (Å²) in [6.07, 6.45) is 2.58. The summed E-state index contributed by atoms with van der Waals surface area (Å²) in [5.74, 6) is 0.222. The van der Waals surface area contributed by atoms with Crippen molar-refractivity contribution in [1.29, 1.82) is 0 Å². The van der Waals surface area contributed by atoms with Gasteiger partial charge in [0.05, 0.1) is 9.58 Å². The van der Waals surface area contributed by atoms with Crippen LogP contribution in [0.15, 0.2) is 60.7 Å². The highest BCUT2D eigenvalue weighted by Crippen LogP contribution is 2.40. The lowest BCUT2D eigenvalue weighted by Crippen LogP contribution is -2.49. The third-order valence-corrected chi connectivity index (χ3v) is 8.60. The van der Waals surface area contributed by atoms with E-state index >= 15 is 0 Å². The van der Waals surface area contributed by atoms with Crippen LogP contribution in [-0.2, 0) is 0 Å². The van der Waals surface area contributed by atoms with Crippen molar-refractivity contribution >= 4 is 54.0 Å². The molecule has 4 nitrogen and oxygen atoms in total. The first-order chi connectivity index (χ1) is 15.7. The SMILES string of the molecule is CCCN(C(=O)c1cc2sc3ccccc3c2s1)C1CCN(C(=O)c2ccccc2)CC1. The number of benzene rings is 2. The number of carbonyl (C=O) groups is 2. The molecular formula is C26H26N2O2S2. The molecule has 164 valence electrons. The van der Waals surface area contributed by atoms with Crippen molar-refractivity contribution in [1.82, 2.24) is 9.80 Å². The number of hydrogen-bond acceptors (Lipinski definition) is 4. The lowest BCUT2D eigenvalue weighted by atomic mass is 10.0. The molecule has 32 heavy (non-hydrogen) atoms.